The molecule has 2 heterocycles. The van der Waals surface area contributed by atoms with Crippen molar-refractivity contribution in [2.75, 3.05) is 6.54 Å². The number of pyridine rings is 1. The Morgan fingerprint density at radius 3 is 2.59 bits per heavy atom. The van der Waals surface area contributed by atoms with Crippen molar-refractivity contribution in [2.24, 2.45) is 18.0 Å². The van der Waals surface area contributed by atoms with Gasteiger partial charge in [0, 0.05) is 58.8 Å². The molecule has 176 valence electrons. The van der Waals surface area contributed by atoms with Gasteiger partial charge in [0.25, 0.3) is 5.56 Å². The van der Waals surface area contributed by atoms with Gasteiger partial charge < -0.3 is 9.12 Å². The molecule has 34 heavy (non-hydrogen) atoms. The first-order chi connectivity index (χ1) is 16.3. The number of fused-ring (bicyclic) bond motifs is 3. The van der Waals surface area contributed by atoms with Crippen LogP contribution in [0.5, 0.6) is 0 Å². The lowest BCUT2D eigenvalue weighted by atomic mass is 9.89. The fourth-order valence-electron chi connectivity index (χ4n) is 4.50. The summed E-state index contributed by atoms with van der Waals surface area (Å²) in [5.74, 6) is 0.00155. The Kier molecular flexibility index (Phi) is 6.24. The zero-order chi connectivity index (χ0) is 24.0. The van der Waals surface area contributed by atoms with E-state index in [-0.39, 0.29) is 24.0 Å². The van der Waals surface area contributed by atoms with Crippen LogP contribution in [0.15, 0.2) is 58.4 Å². The van der Waals surface area contributed by atoms with Gasteiger partial charge in [0.15, 0.2) is 0 Å². The number of hydrogen-bond donors (Lipinski definition) is 1. The van der Waals surface area contributed by atoms with E-state index in [1.165, 1.54) is 12.1 Å². The van der Waals surface area contributed by atoms with Gasteiger partial charge >= 0.3 is 0 Å². The van der Waals surface area contributed by atoms with Crippen LogP contribution in [0.4, 0.5) is 4.39 Å². The topological polar surface area (TPSA) is 86.5 Å². The van der Waals surface area contributed by atoms with E-state index in [2.05, 4.69) is 4.72 Å². The van der Waals surface area contributed by atoms with Crippen LogP contribution >= 0.6 is 11.6 Å². The first kappa shape index (κ1) is 23.1. The number of benzene rings is 2. The fourth-order valence-corrected chi connectivity index (χ4v) is 5.03. The molecule has 1 unspecified atom stereocenters. The van der Waals surface area contributed by atoms with Crippen molar-refractivity contribution in [3.63, 3.8) is 0 Å². The average Bonchev–Trinajstić information content (AvgIpc) is 3.64. The van der Waals surface area contributed by atoms with Crippen LogP contribution < -0.4 is 10.3 Å². The smallest absolute Gasteiger partial charge is 0.250 e. The summed E-state index contributed by atoms with van der Waals surface area (Å²) in [5, 5.41) is 0.489. The summed E-state index contributed by atoms with van der Waals surface area (Å²) in [7, 11) is 1.71. The molecule has 1 aromatic heterocycles. The Morgan fingerprint density at radius 1 is 1.18 bits per heavy atom. The van der Waals surface area contributed by atoms with Crippen LogP contribution in [-0.4, -0.2) is 25.6 Å². The molecule has 0 radical (unpaired) electrons. The minimum Gasteiger partial charge on any atom is -0.760 e. The fraction of sp³-hybridized carbons (Fsp3) is 0.280. The number of halogens is 2. The van der Waals surface area contributed by atoms with Crippen molar-refractivity contribution in [1.29, 1.82) is 0 Å². The minimum absolute atomic E-state index is 0.109. The quantitative estimate of drug-likeness (QED) is 0.520. The molecule has 1 N–H and O–H groups in total. The molecule has 0 amide bonds. The van der Waals surface area contributed by atoms with Crippen molar-refractivity contribution in [3.8, 4) is 11.1 Å². The van der Waals surface area contributed by atoms with Gasteiger partial charge in [0.05, 0.1) is 11.8 Å². The molecule has 6 nitrogen and oxygen atoms in total. The van der Waals surface area contributed by atoms with Crippen molar-refractivity contribution in [2.45, 2.75) is 25.3 Å². The lowest BCUT2D eigenvalue weighted by molar-refractivity contribution is 0.523. The molecule has 1 fully saturated rings. The molecule has 9 heteroatoms. The van der Waals surface area contributed by atoms with E-state index >= 15 is 0 Å². The third kappa shape index (κ3) is 4.51. The van der Waals surface area contributed by atoms with Gasteiger partial charge in [0.1, 0.15) is 5.82 Å². The molecular formula is C25H22ClFN3O3S-. The highest BCUT2D eigenvalue weighted by atomic mass is 35.5. The van der Waals surface area contributed by atoms with Crippen LogP contribution in [0.25, 0.3) is 11.1 Å². The highest BCUT2D eigenvalue weighted by Gasteiger charge is 2.37. The Bertz CT molecular complexity index is 1380. The van der Waals surface area contributed by atoms with E-state index in [4.69, 9.17) is 16.6 Å². The molecule has 0 spiro atoms. The Morgan fingerprint density at radius 2 is 1.91 bits per heavy atom. The highest BCUT2D eigenvalue weighted by molar-refractivity contribution is 7.77. The summed E-state index contributed by atoms with van der Waals surface area (Å²) in [6, 6.07) is 11.5. The molecule has 5 rings (SSSR count). The maximum Gasteiger partial charge on any atom is 0.250 e. The Balaban J connectivity index is 1.74. The second kappa shape index (κ2) is 9.19. The largest absolute Gasteiger partial charge is 0.760 e. The molecule has 2 aromatic carbocycles. The van der Waals surface area contributed by atoms with Crippen LogP contribution in [0.1, 0.15) is 41.1 Å². The first-order valence-electron chi connectivity index (χ1n) is 11.0. The van der Waals surface area contributed by atoms with Gasteiger partial charge in [-0.2, -0.15) is 0 Å². The number of nitrogens with zero attached hydrogens (tertiary/aromatic N) is 2. The summed E-state index contributed by atoms with van der Waals surface area (Å²) < 4.78 is 39.4. The average molecular weight is 499 g/mol. The number of aromatic nitrogens is 1. The van der Waals surface area contributed by atoms with Gasteiger partial charge in [-0.05, 0) is 78.3 Å². The van der Waals surface area contributed by atoms with Crippen molar-refractivity contribution < 1.29 is 13.2 Å². The third-order valence-corrected chi connectivity index (χ3v) is 7.17. The van der Waals surface area contributed by atoms with Gasteiger partial charge in [-0.25, -0.2) is 9.11 Å². The zero-order valence-electron chi connectivity index (χ0n) is 18.4. The Hall–Kier alpha value is -2.65. The summed E-state index contributed by atoms with van der Waals surface area (Å²) in [5.41, 5.74) is 5.56. The number of aryl methyl sites for hydroxylation is 1. The molecule has 1 aliphatic carbocycles. The molecule has 2 atom stereocenters. The summed E-state index contributed by atoms with van der Waals surface area (Å²) in [4.78, 5) is 17.7. The van der Waals surface area contributed by atoms with E-state index < -0.39 is 11.3 Å². The lowest BCUT2D eigenvalue weighted by Gasteiger charge is -2.17. The second-order valence-electron chi connectivity index (χ2n) is 8.73. The van der Waals surface area contributed by atoms with Crippen molar-refractivity contribution in [3.05, 3.63) is 92.1 Å². The second-order valence-corrected chi connectivity index (χ2v) is 9.89. The number of hydrogen-bond acceptors (Lipinski definition) is 4. The van der Waals surface area contributed by atoms with E-state index in [0.29, 0.717) is 23.1 Å². The highest BCUT2D eigenvalue weighted by Crippen LogP contribution is 2.48. The monoisotopic (exact) mass is 498 g/mol. The number of nitrogens with one attached hydrogen (secondary N) is 1. The SMILES string of the molecule is Cn1cc2c(cc1=O)[C@H](C1CC1)N=C(c1ccc(F)cc1)c1cc(Cl)c(CCNS(=O)[O-])cc1-2. The zero-order valence-corrected chi connectivity index (χ0v) is 20.0. The van der Waals surface area contributed by atoms with Crippen LogP contribution in [0.3, 0.4) is 0 Å². The molecule has 1 saturated carbocycles. The van der Waals surface area contributed by atoms with E-state index in [0.717, 1.165) is 46.2 Å². The van der Waals surface area contributed by atoms with Gasteiger partial charge in [0.2, 0.25) is 0 Å². The third-order valence-electron chi connectivity index (χ3n) is 6.38. The molecule has 0 saturated heterocycles. The Labute approximate surface area is 203 Å². The van der Waals surface area contributed by atoms with E-state index in [9.17, 15) is 17.9 Å². The van der Waals surface area contributed by atoms with Crippen molar-refractivity contribution in [1.82, 2.24) is 9.29 Å². The number of rotatable bonds is 6. The minimum atomic E-state index is -2.36. The van der Waals surface area contributed by atoms with Gasteiger partial charge in [-0.15, -0.1) is 0 Å². The van der Waals surface area contributed by atoms with E-state index in [1.807, 2.05) is 18.3 Å². The molecule has 3 aromatic rings. The maximum absolute atomic E-state index is 13.7. The normalized spacial score (nSPS) is 18.0. The molecule has 1 aliphatic heterocycles. The summed E-state index contributed by atoms with van der Waals surface area (Å²) in [6.07, 6.45) is 4.29. The van der Waals surface area contributed by atoms with Gasteiger partial charge in [-0.1, -0.05) is 11.6 Å². The predicted octanol–water partition coefficient (Wildman–Crippen LogP) is 4.07. The number of aliphatic imine (C=N–C) groups is 1. The van der Waals surface area contributed by atoms with Crippen LogP contribution in [-0.2, 0) is 24.7 Å². The van der Waals surface area contributed by atoms with Crippen LogP contribution in [0, 0.1) is 11.7 Å². The molecule has 2 aliphatic rings. The van der Waals surface area contributed by atoms with Crippen LogP contribution in [0.2, 0.25) is 5.02 Å². The molecule has 0 bridgehead atoms. The van der Waals surface area contributed by atoms with Crippen molar-refractivity contribution >= 4 is 28.6 Å². The van der Waals surface area contributed by atoms with Gasteiger partial charge in [-0.3, -0.25) is 14.0 Å². The predicted molar refractivity (Wildman–Crippen MR) is 130 cm³/mol. The first-order valence-corrected chi connectivity index (χ1v) is 12.5. The summed E-state index contributed by atoms with van der Waals surface area (Å²) >= 11 is 4.29. The lowest BCUT2D eigenvalue weighted by Crippen LogP contribution is -2.19. The molecular weight excluding hydrogens is 477 g/mol. The standard InChI is InChI=1S/C25H23ClFN3O3S/c1-30-13-21-18-10-16(8-9-28-34(32)33)22(26)11-19(18)24(15-4-6-17(27)7-5-15)29-25(14-2-3-14)20(21)12-23(30)31/h4-7,10-14,25,28H,2-3,8-9H2,1H3,(H,32,33)/p-1/t25-/m0/s1. The van der Waals surface area contributed by atoms with E-state index in [1.54, 1.807) is 29.8 Å². The summed E-state index contributed by atoms with van der Waals surface area (Å²) in [6.45, 7) is 0.207. The maximum atomic E-state index is 13.7.